The van der Waals surface area contributed by atoms with Gasteiger partial charge in [0.05, 0.1) is 10.0 Å². The van der Waals surface area contributed by atoms with Crippen LogP contribution in [-0.4, -0.2) is 16.5 Å². The summed E-state index contributed by atoms with van der Waals surface area (Å²) in [7, 11) is 0. The number of hydrogen-bond donors (Lipinski definition) is 2. The summed E-state index contributed by atoms with van der Waals surface area (Å²) in [5.74, 6) is 0.484. The molecule has 3 N–H and O–H groups in total. The molecule has 0 amide bonds. The fraction of sp³-hybridized carbons (Fsp3) is 0.231. The van der Waals surface area contributed by atoms with Crippen LogP contribution >= 0.6 is 23.2 Å². The van der Waals surface area contributed by atoms with Gasteiger partial charge in [0.15, 0.2) is 0 Å². The Morgan fingerprint density at radius 3 is 2.68 bits per heavy atom. The Labute approximate surface area is 120 Å². The molecule has 2 rings (SSSR count). The molecule has 0 aliphatic carbocycles. The van der Waals surface area contributed by atoms with Crippen molar-refractivity contribution in [2.75, 3.05) is 6.54 Å². The molecule has 0 aliphatic heterocycles. The van der Waals surface area contributed by atoms with E-state index in [4.69, 9.17) is 28.9 Å². The van der Waals surface area contributed by atoms with Gasteiger partial charge in [0, 0.05) is 17.3 Å². The number of benzene rings is 1. The van der Waals surface area contributed by atoms with Gasteiger partial charge in [-0.05, 0) is 37.6 Å². The van der Waals surface area contributed by atoms with Gasteiger partial charge >= 0.3 is 0 Å². The number of aromatic nitrogens is 2. The van der Waals surface area contributed by atoms with E-state index in [1.165, 1.54) is 6.07 Å². The molecule has 4 nitrogen and oxygen atoms in total. The Morgan fingerprint density at radius 2 is 2.00 bits per heavy atom. The number of nitrogens with one attached hydrogen (secondary N) is 1. The Morgan fingerprint density at radius 1 is 1.21 bits per heavy atom. The molecular formula is C13H13Cl2N3O. The average molecular weight is 298 g/mol. The van der Waals surface area contributed by atoms with Gasteiger partial charge in [-0.25, -0.2) is 4.98 Å². The maximum absolute atomic E-state index is 11.6. The van der Waals surface area contributed by atoms with E-state index in [1.54, 1.807) is 18.2 Å². The molecule has 0 bridgehead atoms. The quantitative estimate of drug-likeness (QED) is 0.911. The highest BCUT2D eigenvalue weighted by Gasteiger charge is 2.06. The summed E-state index contributed by atoms with van der Waals surface area (Å²) < 4.78 is 0. The minimum Gasteiger partial charge on any atom is -0.330 e. The van der Waals surface area contributed by atoms with Crippen molar-refractivity contribution < 1.29 is 0 Å². The molecule has 1 aromatic heterocycles. The number of H-pyrrole nitrogens is 1. The number of aromatic amines is 1. The number of nitrogens with zero attached hydrogens (tertiary/aromatic N) is 1. The third kappa shape index (κ3) is 3.56. The maximum atomic E-state index is 11.6. The first-order valence-electron chi connectivity index (χ1n) is 5.86. The highest BCUT2D eigenvalue weighted by molar-refractivity contribution is 6.42. The second-order valence-electron chi connectivity index (χ2n) is 4.11. The number of hydrogen-bond acceptors (Lipinski definition) is 3. The van der Waals surface area contributed by atoms with Crippen molar-refractivity contribution in [3.8, 4) is 11.4 Å². The molecule has 0 atom stereocenters. The lowest BCUT2D eigenvalue weighted by molar-refractivity contribution is 0.804. The van der Waals surface area contributed by atoms with E-state index in [1.807, 2.05) is 0 Å². The van der Waals surface area contributed by atoms with Gasteiger partial charge in [0.2, 0.25) is 0 Å². The fourth-order valence-corrected chi connectivity index (χ4v) is 2.00. The fourth-order valence-electron chi connectivity index (χ4n) is 1.70. The molecule has 2 aromatic rings. The third-order valence-electron chi connectivity index (χ3n) is 2.62. The molecule has 0 aliphatic rings. The van der Waals surface area contributed by atoms with Crippen LogP contribution < -0.4 is 11.3 Å². The zero-order valence-electron chi connectivity index (χ0n) is 10.1. The first kappa shape index (κ1) is 14.1. The number of halogens is 2. The molecule has 0 unspecified atom stereocenters. The first-order chi connectivity index (χ1) is 9.10. The molecule has 0 saturated carbocycles. The summed E-state index contributed by atoms with van der Waals surface area (Å²) in [6.45, 7) is 0.566. The molecule has 0 spiro atoms. The summed E-state index contributed by atoms with van der Waals surface area (Å²) in [6.07, 6.45) is 1.46. The van der Waals surface area contributed by atoms with Crippen LogP contribution in [0.5, 0.6) is 0 Å². The van der Waals surface area contributed by atoms with Gasteiger partial charge in [0.25, 0.3) is 5.56 Å². The molecule has 1 heterocycles. The van der Waals surface area contributed by atoms with Crippen molar-refractivity contribution >= 4 is 23.2 Å². The summed E-state index contributed by atoms with van der Waals surface area (Å²) in [6, 6.07) is 6.59. The molecular weight excluding hydrogens is 285 g/mol. The molecule has 0 radical (unpaired) electrons. The van der Waals surface area contributed by atoms with Crippen molar-refractivity contribution in [3.05, 3.63) is 50.4 Å². The lowest BCUT2D eigenvalue weighted by atomic mass is 10.2. The predicted octanol–water partition coefficient (Wildman–Crippen LogP) is 2.64. The minimum absolute atomic E-state index is 0.192. The van der Waals surface area contributed by atoms with Gasteiger partial charge in [-0.15, -0.1) is 0 Å². The van der Waals surface area contributed by atoms with Crippen molar-refractivity contribution in [1.29, 1.82) is 0 Å². The van der Waals surface area contributed by atoms with E-state index >= 15 is 0 Å². The smallest absolute Gasteiger partial charge is 0.251 e. The number of nitrogens with two attached hydrogens (primary N) is 1. The topological polar surface area (TPSA) is 71.8 Å². The summed E-state index contributed by atoms with van der Waals surface area (Å²) >= 11 is 11.8. The molecule has 0 saturated heterocycles. The highest BCUT2D eigenvalue weighted by Crippen LogP contribution is 2.26. The summed E-state index contributed by atoms with van der Waals surface area (Å²) in [4.78, 5) is 18.7. The predicted molar refractivity (Wildman–Crippen MR) is 77.7 cm³/mol. The van der Waals surface area contributed by atoms with Gasteiger partial charge in [0.1, 0.15) is 5.82 Å². The lowest BCUT2D eigenvalue weighted by Crippen LogP contribution is -2.11. The van der Waals surface area contributed by atoms with Gasteiger partial charge < -0.3 is 10.7 Å². The second-order valence-corrected chi connectivity index (χ2v) is 4.92. The Kier molecular flexibility index (Phi) is 4.58. The molecule has 1 aromatic carbocycles. The van der Waals surface area contributed by atoms with E-state index in [-0.39, 0.29) is 5.56 Å². The Balaban J connectivity index is 2.40. The van der Waals surface area contributed by atoms with Crippen LogP contribution in [0.15, 0.2) is 29.1 Å². The van der Waals surface area contributed by atoms with Crippen LogP contribution in [0.2, 0.25) is 10.0 Å². The van der Waals surface area contributed by atoms with E-state index in [0.717, 1.165) is 17.7 Å². The van der Waals surface area contributed by atoms with E-state index in [0.29, 0.717) is 28.8 Å². The standard InChI is InChI=1S/C13H13Cl2N3O/c14-10-4-3-8(6-11(10)15)13-17-9(2-1-5-16)7-12(19)18-13/h3-4,6-7H,1-2,5,16H2,(H,17,18,19). The average Bonchev–Trinajstić information content (AvgIpc) is 2.39. The van der Waals surface area contributed by atoms with Crippen LogP contribution in [0.1, 0.15) is 12.1 Å². The SMILES string of the molecule is NCCCc1cc(=O)[nH]c(-c2ccc(Cl)c(Cl)c2)n1. The van der Waals surface area contributed by atoms with Crippen molar-refractivity contribution in [2.45, 2.75) is 12.8 Å². The number of aryl methyl sites for hydroxylation is 1. The van der Waals surface area contributed by atoms with Crippen LogP contribution in [-0.2, 0) is 6.42 Å². The van der Waals surface area contributed by atoms with Gasteiger partial charge in [-0.1, -0.05) is 23.2 Å². The van der Waals surface area contributed by atoms with Crippen molar-refractivity contribution in [3.63, 3.8) is 0 Å². The van der Waals surface area contributed by atoms with Gasteiger partial charge in [-0.3, -0.25) is 4.79 Å². The molecule has 100 valence electrons. The van der Waals surface area contributed by atoms with E-state index < -0.39 is 0 Å². The third-order valence-corrected chi connectivity index (χ3v) is 3.36. The van der Waals surface area contributed by atoms with Gasteiger partial charge in [-0.2, -0.15) is 0 Å². The summed E-state index contributed by atoms with van der Waals surface area (Å²) in [5.41, 5.74) is 6.70. The monoisotopic (exact) mass is 297 g/mol. The first-order valence-corrected chi connectivity index (χ1v) is 6.61. The maximum Gasteiger partial charge on any atom is 0.251 e. The largest absolute Gasteiger partial charge is 0.330 e. The lowest BCUT2D eigenvalue weighted by Gasteiger charge is -2.05. The van der Waals surface area contributed by atoms with Crippen LogP contribution in [0.25, 0.3) is 11.4 Å². The normalized spacial score (nSPS) is 10.7. The van der Waals surface area contributed by atoms with Crippen LogP contribution in [0.3, 0.4) is 0 Å². The Bertz CT molecular complexity index is 640. The number of rotatable bonds is 4. The molecule has 0 fully saturated rings. The van der Waals surface area contributed by atoms with E-state index in [2.05, 4.69) is 9.97 Å². The molecule has 19 heavy (non-hydrogen) atoms. The highest BCUT2D eigenvalue weighted by atomic mass is 35.5. The van der Waals surface area contributed by atoms with Crippen LogP contribution in [0, 0.1) is 0 Å². The van der Waals surface area contributed by atoms with Crippen molar-refractivity contribution in [2.24, 2.45) is 5.73 Å². The van der Waals surface area contributed by atoms with Crippen LogP contribution in [0.4, 0.5) is 0 Å². The van der Waals surface area contributed by atoms with E-state index in [9.17, 15) is 4.79 Å². The minimum atomic E-state index is -0.192. The zero-order chi connectivity index (χ0) is 13.8. The van der Waals surface area contributed by atoms with Crippen molar-refractivity contribution in [1.82, 2.24) is 9.97 Å². The Hall–Kier alpha value is -1.36. The molecule has 6 heteroatoms. The second kappa shape index (κ2) is 6.19. The zero-order valence-corrected chi connectivity index (χ0v) is 11.6. The summed E-state index contributed by atoms with van der Waals surface area (Å²) in [5, 5.41) is 0.890.